The van der Waals surface area contributed by atoms with Crippen LogP contribution < -0.4 is 10.6 Å². The monoisotopic (exact) mass is 429 g/mol. The Labute approximate surface area is 184 Å². The number of aromatic amines is 1. The number of benzene rings is 2. The van der Waals surface area contributed by atoms with Gasteiger partial charge in [-0.2, -0.15) is 0 Å². The second-order valence-electron chi connectivity index (χ2n) is 7.54. The van der Waals surface area contributed by atoms with E-state index in [1.165, 1.54) is 0 Å². The van der Waals surface area contributed by atoms with Crippen molar-refractivity contribution in [3.63, 3.8) is 0 Å². The second-order valence-corrected chi connectivity index (χ2v) is 8.58. The van der Waals surface area contributed by atoms with Crippen molar-refractivity contribution in [3.05, 3.63) is 94.5 Å². The molecule has 1 unspecified atom stereocenters. The molecule has 0 radical (unpaired) electrons. The van der Waals surface area contributed by atoms with E-state index in [0.717, 1.165) is 38.1 Å². The van der Waals surface area contributed by atoms with Gasteiger partial charge in [-0.05, 0) is 41.6 Å². The van der Waals surface area contributed by atoms with E-state index in [4.69, 9.17) is 4.42 Å². The first-order valence-corrected chi connectivity index (χ1v) is 11.2. The molecule has 1 atom stereocenters. The van der Waals surface area contributed by atoms with Crippen molar-refractivity contribution in [2.75, 3.05) is 0 Å². The number of carbonyl (C=O) groups excluding carboxylic acids is 1. The van der Waals surface area contributed by atoms with Gasteiger partial charge in [0.25, 0.3) is 0 Å². The highest BCUT2D eigenvalue weighted by Gasteiger charge is 2.21. The van der Waals surface area contributed by atoms with Crippen LogP contribution in [-0.4, -0.2) is 16.9 Å². The molecule has 3 N–H and O–H groups in total. The Morgan fingerprint density at radius 3 is 2.77 bits per heavy atom. The summed E-state index contributed by atoms with van der Waals surface area (Å²) >= 11 is 1.64. The lowest BCUT2D eigenvalue weighted by atomic mass is 10.0. The number of thiophene rings is 1. The minimum atomic E-state index is -0.382. The fraction of sp³-hybridized carbons (Fsp3) is 0.160. The number of amides is 1. The van der Waals surface area contributed by atoms with Crippen molar-refractivity contribution < 1.29 is 9.21 Å². The number of H-pyrrole nitrogens is 1. The largest absolute Gasteiger partial charge is 0.460 e. The van der Waals surface area contributed by atoms with Crippen LogP contribution in [-0.2, 0) is 24.3 Å². The highest BCUT2D eigenvalue weighted by Crippen LogP contribution is 2.21. The van der Waals surface area contributed by atoms with E-state index in [2.05, 4.69) is 21.7 Å². The first-order chi connectivity index (χ1) is 15.3. The summed E-state index contributed by atoms with van der Waals surface area (Å²) in [5.41, 5.74) is 3.05. The van der Waals surface area contributed by atoms with Gasteiger partial charge in [-0.15, -0.1) is 11.3 Å². The molecule has 5 nitrogen and oxygen atoms in total. The Balaban J connectivity index is 1.34. The molecule has 156 valence electrons. The highest BCUT2D eigenvalue weighted by molar-refractivity contribution is 7.09. The molecule has 5 rings (SSSR count). The lowest BCUT2D eigenvalue weighted by Gasteiger charge is -2.17. The Hall–Kier alpha value is -3.35. The zero-order valence-corrected chi connectivity index (χ0v) is 17.7. The van der Waals surface area contributed by atoms with E-state index in [0.29, 0.717) is 19.5 Å². The number of para-hydroxylation sites is 2. The summed E-state index contributed by atoms with van der Waals surface area (Å²) in [7, 11) is 0. The summed E-state index contributed by atoms with van der Waals surface area (Å²) in [4.78, 5) is 17.5. The molecular formula is C25H23N3O2S. The normalized spacial score (nSPS) is 12.4. The summed E-state index contributed by atoms with van der Waals surface area (Å²) in [6.45, 7) is 1.02. The molecule has 31 heavy (non-hydrogen) atoms. The van der Waals surface area contributed by atoms with E-state index in [1.54, 1.807) is 11.3 Å². The molecule has 0 saturated carbocycles. The van der Waals surface area contributed by atoms with Crippen LogP contribution in [0.3, 0.4) is 0 Å². The molecule has 0 aliphatic carbocycles. The van der Waals surface area contributed by atoms with Crippen LogP contribution in [0, 0.1) is 0 Å². The van der Waals surface area contributed by atoms with Gasteiger partial charge in [-0.25, -0.2) is 0 Å². The van der Waals surface area contributed by atoms with Gasteiger partial charge in [-0.3, -0.25) is 10.1 Å². The summed E-state index contributed by atoms with van der Waals surface area (Å²) < 4.78 is 5.92. The molecule has 0 saturated heterocycles. The van der Waals surface area contributed by atoms with Gasteiger partial charge >= 0.3 is 0 Å². The van der Waals surface area contributed by atoms with Crippen LogP contribution in [0.5, 0.6) is 0 Å². The zero-order chi connectivity index (χ0) is 21.0. The third-order valence-corrected chi connectivity index (χ3v) is 6.31. The predicted octanol–water partition coefficient (Wildman–Crippen LogP) is 4.99. The number of aromatic nitrogens is 1. The highest BCUT2D eigenvalue weighted by atomic mass is 32.1. The van der Waals surface area contributed by atoms with Gasteiger partial charge in [0.05, 0.1) is 19.1 Å². The molecule has 0 aliphatic rings. The summed E-state index contributed by atoms with van der Waals surface area (Å²) in [5, 5.41) is 10.7. The smallest absolute Gasteiger partial charge is 0.237 e. The van der Waals surface area contributed by atoms with Crippen molar-refractivity contribution in [1.82, 2.24) is 15.6 Å². The van der Waals surface area contributed by atoms with Gasteiger partial charge in [0, 0.05) is 27.4 Å². The van der Waals surface area contributed by atoms with Crippen LogP contribution in [0.15, 0.2) is 82.7 Å². The van der Waals surface area contributed by atoms with Gasteiger partial charge in [0.15, 0.2) is 0 Å². The maximum absolute atomic E-state index is 13.1. The molecule has 0 fully saturated rings. The van der Waals surface area contributed by atoms with E-state index in [9.17, 15) is 4.79 Å². The van der Waals surface area contributed by atoms with Crippen LogP contribution >= 0.6 is 11.3 Å². The van der Waals surface area contributed by atoms with E-state index in [-0.39, 0.29) is 11.9 Å². The number of rotatable bonds is 8. The summed E-state index contributed by atoms with van der Waals surface area (Å²) in [6, 6.07) is 21.8. The molecule has 0 spiro atoms. The molecule has 6 heteroatoms. The van der Waals surface area contributed by atoms with Gasteiger partial charge < -0.3 is 14.7 Å². The topological polar surface area (TPSA) is 70.1 Å². The lowest BCUT2D eigenvalue weighted by Crippen LogP contribution is -2.45. The SMILES string of the molecule is O=C(NCc1cccs1)C(Cc1c[nH]c2ccccc12)NCc1cc2ccccc2o1. The Kier molecular flexibility index (Phi) is 5.56. The van der Waals surface area contributed by atoms with Crippen LogP contribution in [0.4, 0.5) is 0 Å². The first kappa shape index (κ1) is 19.6. The van der Waals surface area contributed by atoms with Gasteiger partial charge in [-0.1, -0.05) is 42.5 Å². The van der Waals surface area contributed by atoms with Crippen LogP contribution in [0.2, 0.25) is 0 Å². The Bertz CT molecular complexity index is 1270. The Morgan fingerprint density at radius 1 is 1.03 bits per heavy atom. The minimum Gasteiger partial charge on any atom is -0.460 e. The second kappa shape index (κ2) is 8.79. The first-order valence-electron chi connectivity index (χ1n) is 10.3. The standard InChI is InChI=1S/C25H23N3O2S/c29-25(28-16-20-7-5-11-31-20)23(13-18-14-26-22-9-3-2-8-21(18)22)27-15-19-12-17-6-1-4-10-24(17)30-19/h1-12,14,23,26-27H,13,15-16H2,(H,28,29). The third-order valence-electron chi connectivity index (χ3n) is 5.43. The van der Waals surface area contributed by atoms with Crippen LogP contribution in [0.1, 0.15) is 16.2 Å². The van der Waals surface area contributed by atoms with Crippen molar-refractivity contribution >= 4 is 39.1 Å². The quantitative estimate of drug-likeness (QED) is 0.325. The molecule has 2 aromatic carbocycles. The maximum atomic E-state index is 13.1. The molecule has 0 bridgehead atoms. The molecule has 3 aromatic heterocycles. The average molecular weight is 430 g/mol. The zero-order valence-electron chi connectivity index (χ0n) is 16.9. The predicted molar refractivity (Wildman–Crippen MR) is 125 cm³/mol. The average Bonchev–Trinajstić information content (AvgIpc) is 3.54. The number of carbonyl (C=O) groups is 1. The molecule has 3 heterocycles. The molecular weight excluding hydrogens is 406 g/mol. The van der Waals surface area contributed by atoms with E-state index in [1.807, 2.05) is 72.2 Å². The van der Waals surface area contributed by atoms with E-state index < -0.39 is 0 Å². The molecule has 0 aliphatic heterocycles. The maximum Gasteiger partial charge on any atom is 0.237 e. The third kappa shape index (κ3) is 4.40. The van der Waals surface area contributed by atoms with Gasteiger partial charge in [0.1, 0.15) is 11.3 Å². The fourth-order valence-electron chi connectivity index (χ4n) is 3.84. The van der Waals surface area contributed by atoms with Crippen LogP contribution in [0.25, 0.3) is 21.9 Å². The number of hydrogen-bond donors (Lipinski definition) is 3. The van der Waals surface area contributed by atoms with Crippen molar-refractivity contribution in [1.29, 1.82) is 0 Å². The van der Waals surface area contributed by atoms with Crippen molar-refractivity contribution in [2.45, 2.75) is 25.6 Å². The van der Waals surface area contributed by atoms with Crippen molar-refractivity contribution in [3.8, 4) is 0 Å². The minimum absolute atomic E-state index is 0.0187. The Morgan fingerprint density at radius 2 is 1.90 bits per heavy atom. The summed E-state index contributed by atoms with van der Waals surface area (Å²) in [6.07, 6.45) is 2.58. The molecule has 1 amide bonds. The number of hydrogen-bond acceptors (Lipinski definition) is 4. The van der Waals surface area contributed by atoms with Crippen molar-refractivity contribution in [2.24, 2.45) is 0 Å². The summed E-state index contributed by atoms with van der Waals surface area (Å²) in [5.74, 6) is 0.797. The van der Waals surface area contributed by atoms with E-state index >= 15 is 0 Å². The van der Waals surface area contributed by atoms with Gasteiger partial charge in [0.2, 0.25) is 5.91 Å². The lowest BCUT2D eigenvalue weighted by molar-refractivity contribution is -0.123. The fourth-order valence-corrected chi connectivity index (χ4v) is 4.48. The molecule has 5 aromatic rings. The number of nitrogens with one attached hydrogen (secondary N) is 3. The number of fused-ring (bicyclic) bond motifs is 2. The number of furan rings is 1.